The highest BCUT2D eigenvalue weighted by Crippen LogP contribution is 2.34. The van der Waals surface area contributed by atoms with Crippen LogP contribution < -0.4 is 19.8 Å². The lowest BCUT2D eigenvalue weighted by atomic mass is 10.1. The molecule has 40 heavy (non-hydrogen) atoms. The molecule has 0 aliphatic carbocycles. The Labute approximate surface area is 230 Å². The average Bonchev–Trinajstić information content (AvgIpc) is 3.40. The van der Waals surface area contributed by atoms with Gasteiger partial charge in [0.25, 0.3) is 5.56 Å². The summed E-state index contributed by atoms with van der Waals surface area (Å²) in [6.07, 6.45) is 0.614. The monoisotopic (exact) mass is 548 g/mol. The summed E-state index contributed by atoms with van der Waals surface area (Å²) in [5.74, 6) is 2.06. The zero-order valence-electron chi connectivity index (χ0n) is 22.8. The van der Waals surface area contributed by atoms with Crippen LogP contribution >= 0.6 is 0 Å². The summed E-state index contributed by atoms with van der Waals surface area (Å²) in [6.45, 7) is 5.57. The molecule has 0 radical (unpaired) electrons. The van der Waals surface area contributed by atoms with E-state index >= 15 is 0 Å². The van der Waals surface area contributed by atoms with Gasteiger partial charge < -0.3 is 23.9 Å². The van der Waals surface area contributed by atoms with E-state index in [1.54, 1.807) is 20.1 Å². The van der Waals surface area contributed by atoms with E-state index < -0.39 is 5.97 Å². The molecule has 0 bridgehead atoms. The Morgan fingerprint density at radius 1 is 1.10 bits per heavy atom. The first-order valence-corrected chi connectivity index (χ1v) is 13.2. The largest absolute Gasteiger partial charge is 0.496 e. The Hall–Kier alpha value is -4.45. The molecule has 1 N–H and O–H groups in total. The highest BCUT2D eigenvalue weighted by Gasteiger charge is 2.28. The van der Waals surface area contributed by atoms with Gasteiger partial charge in [-0.3, -0.25) is 14.5 Å². The third-order valence-electron chi connectivity index (χ3n) is 6.79. The Bertz CT molecular complexity index is 1550. The first-order chi connectivity index (χ1) is 19.5. The molecular formula is C28H32N6O6. The molecule has 210 valence electrons. The third-order valence-corrected chi connectivity index (χ3v) is 6.79. The lowest BCUT2D eigenvalue weighted by molar-refractivity contribution is -0.144. The maximum atomic E-state index is 13.3. The summed E-state index contributed by atoms with van der Waals surface area (Å²) in [5, 5.41) is 13.0. The molecule has 0 amide bonds. The number of ether oxygens (including phenoxy) is 4. The van der Waals surface area contributed by atoms with Crippen LogP contribution in [0.15, 0.2) is 47.3 Å². The van der Waals surface area contributed by atoms with Crippen molar-refractivity contribution in [2.24, 2.45) is 0 Å². The number of benzene rings is 2. The number of carbonyl (C=O) groups excluding carboxylic acids is 1. The van der Waals surface area contributed by atoms with Gasteiger partial charge in [-0.15, -0.1) is 5.10 Å². The van der Waals surface area contributed by atoms with E-state index in [-0.39, 0.29) is 31.3 Å². The van der Waals surface area contributed by atoms with E-state index in [1.165, 1.54) is 4.68 Å². The number of pyridine rings is 1. The second-order valence-electron chi connectivity index (χ2n) is 9.35. The Morgan fingerprint density at radius 2 is 1.85 bits per heavy atom. The van der Waals surface area contributed by atoms with E-state index in [1.807, 2.05) is 43.3 Å². The van der Waals surface area contributed by atoms with Crippen LogP contribution in [0, 0.1) is 0 Å². The van der Waals surface area contributed by atoms with Gasteiger partial charge in [-0.25, -0.2) is 4.68 Å². The summed E-state index contributed by atoms with van der Waals surface area (Å²) in [5.41, 5.74) is 1.95. The molecule has 0 spiro atoms. The van der Waals surface area contributed by atoms with Gasteiger partial charge in [-0.05, 0) is 42.0 Å². The van der Waals surface area contributed by atoms with Crippen molar-refractivity contribution in [3.8, 4) is 17.2 Å². The SMILES string of the molecule is CCOC(=O)Cn1nnnc1[C@H](CC)N(Cc1ccccc1OC)Cc1cc2cc3c(cc2[nH]c1=O)OCCO3. The second kappa shape index (κ2) is 12.2. The quantitative estimate of drug-likeness (QED) is 0.279. The van der Waals surface area contributed by atoms with Gasteiger partial charge in [-0.1, -0.05) is 25.1 Å². The minimum Gasteiger partial charge on any atom is -0.496 e. The van der Waals surface area contributed by atoms with Crippen LogP contribution in [0.5, 0.6) is 17.2 Å². The van der Waals surface area contributed by atoms with Crippen LogP contribution in [-0.4, -0.2) is 63.0 Å². The van der Waals surface area contributed by atoms with Gasteiger partial charge in [0.1, 0.15) is 25.5 Å². The maximum absolute atomic E-state index is 13.3. The van der Waals surface area contributed by atoms with Gasteiger partial charge >= 0.3 is 5.97 Å². The van der Waals surface area contributed by atoms with Gasteiger partial charge in [0.05, 0.1) is 25.3 Å². The zero-order valence-corrected chi connectivity index (χ0v) is 22.8. The number of para-hydroxylation sites is 1. The topological polar surface area (TPSA) is 134 Å². The number of tetrazole rings is 1. The molecule has 0 saturated carbocycles. The molecule has 1 atom stereocenters. The van der Waals surface area contributed by atoms with Crippen LogP contribution in [0.4, 0.5) is 0 Å². The van der Waals surface area contributed by atoms with Crippen molar-refractivity contribution < 1.29 is 23.7 Å². The number of nitrogens with zero attached hydrogens (tertiary/aromatic N) is 5. The van der Waals surface area contributed by atoms with Gasteiger partial charge in [0, 0.05) is 35.7 Å². The lowest BCUT2D eigenvalue weighted by Gasteiger charge is -2.30. The normalized spacial score (nSPS) is 13.4. The summed E-state index contributed by atoms with van der Waals surface area (Å²) in [4.78, 5) is 30.7. The number of nitrogens with one attached hydrogen (secondary N) is 1. The minimum atomic E-state index is -0.428. The Balaban J connectivity index is 1.53. The van der Waals surface area contributed by atoms with Crippen LogP contribution in [-0.2, 0) is 29.2 Å². The number of hydrogen-bond acceptors (Lipinski definition) is 10. The van der Waals surface area contributed by atoms with Crippen molar-refractivity contribution in [2.75, 3.05) is 26.9 Å². The van der Waals surface area contributed by atoms with Crippen molar-refractivity contribution >= 4 is 16.9 Å². The van der Waals surface area contributed by atoms with E-state index in [9.17, 15) is 9.59 Å². The standard InChI is InChI=1S/C28H32N6O6/c1-4-22(27-30-31-32-34(27)17-26(35)38-5-2)33(15-18-8-6-7-9-23(18)37-3)16-20-12-19-13-24-25(40-11-10-39-24)14-21(19)29-28(20)36/h6-9,12-14,22H,4-5,10-11,15-17H2,1-3H3,(H,29,36)/t22-/m0/s1. The molecule has 0 saturated heterocycles. The smallest absolute Gasteiger partial charge is 0.327 e. The summed E-state index contributed by atoms with van der Waals surface area (Å²) < 4.78 is 23.6. The van der Waals surface area contributed by atoms with Crippen molar-refractivity contribution in [2.45, 2.75) is 45.9 Å². The van der Waals surface area contributed by atoms with E-state index in [0.717, 1.165) is 16.7 Å². The number of fused-ring (bicyclic) bond motifs is 2. The van der Waals surface area contributed by atoms with Crippen molar-refractivity contribution in [3.63, 3.8) is 0 Å². The third kappa shape index (κ3) is 5.76. The average molecular weight is 549 g/mol. The molecule has 0 fully saturated rings. The highest BCUT2D eigenvalue weighted by atomic mass is 16.6. The van der Waals surface area contributed by atoms with E-state index in [2.05, 4.69) is 25.4 Å². The number of hydrogen-bond donors (Lipinski definition) is 1. The van der Waals surface area contributed by atoms with Gasteiger partial charge in [0.2, 0.25) is 0 Å². The molecule has 12 heteroatoms. The fraction of sp³-hybridized carbons (Fsp3) is 0.393. The first-order valence-electron chi connectivity index (χ1n) is 13.2. The molecule has 5 rings (SSSR count). The molecule has 1 aliphatic rings. The van der Waals surface area contributed by atoms with Crippen molar-refractivity contribution in [1.82, 2.24) is 30.1 Å². The van der Waals surface area contributed by atoms with Crippen LogP contribution in [0.1, 0.15) is 43.3 Å². The number of carbonyl (C=O) groups is 1. The summed E-state index contributed by atoms with van der Waals surface area (Å²) in [7, 11) is 1.63. The summed E-state index contributed by atoms with van der Waals surface area (Å²) >= 11 is 0. The number of esters is 1. The first kappa shape index (κ1) is 27.1. The minimum absolute atomic E-state index is 0.112. The fourth-order valence-corrected chi connectivity index (χ4v) is 4.95. The zero-order chi connectivity index (χ0) is 28.1. The predicted molar refractivity (Wildman–Crippen MR) is 145 cm³/mol. The van der Waals surface area contributed by atoms with Gasteiger partial charge in [0.15, 0.2) is 17.3 Å². The van der Waals surface area contributed by atoms with E-state index in [0.29, 0.717) is 54.6 Å². The molecule has 2 aromatic carbocycles. The maximum Gasteiger partial charge on any atom is 0.327 e. The molecule has 0 unspecified atom stereocenters. The number of aromatic nitrogens is 5. The Kier molecular flexibility index (Phi) is 8.25. The number of H-pyrrole nitrogens is 1. The van der Waals surface area contributed by atoms with Crippen molar-refractivity contribution in [1.29, 1.82) is 0 Å². The highest BCUT2D eigenvalue weighted by molar-refractivity contribution is 5.83. The van der Waals surface area contributed by atoms with Crippen LogP contribution in [0.2, 0.25) is 0 Å². The molecule has 4 aromatic rings. The van der Waals surface area contributed by atoms with Gasteiger partial charge in [-0.2, -0.15) is 0 Å². The molecule has 3 heterocycles. The molecule has 2 aromatic heterocycles. The Morgan fingerprint density at radius 3 is 2.60 bits per heavy atom. The number of rotatable bonds is 11. The van der Waals surface area contributed by atoms with Crippen LogP contribution in [0.25, 0.3) is 10.9 Å². The van der Waals surface area contributed by atoms with Crippen LogP contribution in [0.3, 0.4) is 0 Å². The number of aromatic amines is 1. The van der Waals surface area contributed by atoms with Crippen molar-refractivity contribution in [3.05, 3.63) is 69.8 Å². The number of methoxy groups -OCH3 is 1. The van der Waals surface area contributed by atoms with E-state index in [4.69, 9.17) is 18.9 Å². The molecule has 12 nitrogen and oxygen atoms in total. The predicted octanol–water partition coefficient (Wildman–Crippen LogP) is 3.01. The second-order valence-corrected chi connectivity index (χ2v) is 9.35. The lowest BCUT2D eigenvalue weighted by Crippen LogP contribution is -2.33. The molecular weight excluding hydrogens is 516 g/mol. The fourth-order valence-electron chi connectivity index (χ4n) is 4.95. The molecule has 1 aliphatic heterocycles. The summed E-state index contributed by atoms with van der Waals surface area (Å²) in [6, 6.07) is 12.9.